The molecular formula is C19H12Cl3N5O2. The number of H-pyrrole nitrogens is 1. The smallest absolute Gasteiger partial charge is 0.244 e. The normalized spacial score (nSPS) is 15.5. The van der Waals surface area contributed by atoms with Crippen LogP contribution in [-0.2, 0) is 0 Å². The number of aromatic nitrogens is 3. The highest BCUT2D eigenvalue weighted by molar-refractivity contribution is 6.42. The molecule has 29 heavy (non-hydrogen) atoms. The molecule has 4 rings (SSSR count). The molecule has 7 nitrogen and oxygen atoms in total. The van der Waals surface area contributed by atoms with Crippen LogP contribution in [0.25, 0.3) is 0 Å². The van der Waals surface area contributed by atoms with Gasteiger partial charge in [0.25, 0.3) is 0 Å². The number of ether oxygens (including phenoxy) is 2. The Morgan fingerprint density at radius 2 is 2.03 bits per heavy atom. The van der Waals surface area contributed by atoms with E-state index in [2.05, 4.69) is 21.3 Å². The lowest BCUT2D eigenvalue weighted by atomic mass is 9.84. The van der Waals surface area contributed by atoms with E-state index in [0.29, 0.717) is 11.6 Å². The Kier molecular flexibility index (Phi) is 5.01. The van der Waals surface area contributed by atoms with Gasteiger partial charge in [-0.25, -0.2) is 0 Å². The lowest BCUT2D eigenvalue weighted by Gasteiger charge is -2.24. The van der Waals surface area contributed by atoms with Gasteiger partial charge in [-0.05, 0) is 30.7 Å². The summed E-state index contributed by atoms with van der Waals surface area (Å²) in [7, 11) is 0. The molecule has 146 valence electrons. The van der Waals surface area contributed by atoms with Crippen LogP contribution in [0.5, 0.6) is 17.5 Å². The fraction of sp³-hybridized carbons (Fsp3) is 0.105. The molecule has 0 fully saturated rings. The third kappa shape index (κ3) is 3.47. The van der Waals surface area contributed by atoms with Crippen LogP contribution in [0.2, 0.25) is 15.2 Å². The van der Waals surface area contributed by atoms with Crippen molar-refractivity contribution >= 4 is 34.8 Å². The van der Waals surface area contributed by atoms with Crippen molar-refractivity contribution in [2.24, 2.45) is 5.73 Å². The number of nitrogens with zero attached hydrogens (tertiary/aromatic N) is 3. The van der Waals surface area contributed by atoms with Crippen LogP contribution in [0.15, 0.2) is 41.8 Å². The van der Waals surface area contributed by atoms with Gasteiger partial charge in [0.15, 0.2) is 5.15 Å². The predicted molar refractivity (Wildman–Crippen MR) is 108 cm³/mol. The van der Waals surface area contributed by atoms with Gasteiger partial charge in [-0.1, -0.05) is 46.9 Å². The highest BCUT2D eigenvalue weighted by Crippen LogP contribution is 2.43. The second-order valence-corrected chi connectivity index (χ2v) is 7.39. The molecule has 0 saturated carbocycles. The Morgan fingerprint density at radius 1 is 1.24 bits per heavy atom. The summed E-state index contributed by atoms with van der Waals surface area (Å²) in [5.74, 6) is 0.436. The maximum atomic E-state index is 9.66. The molecule has 1 aromatic carbocycles. The van der Waals surface area contributed by atoms with Crippen molar-refractivity contribution in [1.82, 2.24) is 15.2 Å². The number of aryl methyl sites for hydroxylation is 1. The number of rotatable bonds is 3. The van der Waals surface area contributed by atoms with Gasteiger partial charge in [-0.3, -0.25) is 5.10 Å². The Labute approximate surface area is 180 Å². The van der Waals surface area contributed by atoms with Crippen LogP contribution in [0.3, 0.4) is 0 Å². The summed E-state index contributed by atoms with van der Waals surface area (Å²) in [4.78, 5) is 4.06. The predicted octanol–water partition coefficient (Wildman–Crippen LogP) is 5.08. The summed E-state index contributed by atoms with van der Waals surface area (Å²) in [5.41, 5.74) is 8.49. The van der Waals surface area contributed by atoms with Crippen LogP contribution in [-0.4, -0.2) is 15.2 Å². The molecular weight excluding hydrogens is 437 g/mol. The van der Waals surface area contributed by atoms with Gasteiger partial charge in [-0.15, -0.1) is 5.10 Å². The summed E-state index contributed by atoms with van der Waals surface area (Å²) >= 11 is 18.0. The third-order valence-corrected chi connectivity index (χ3v) is 5.33. The van der Waals surface area contributed by atoms with E-state index in [4.69, 9.17) is 50.0 Å². The maximum Gasteiger partial charge on any atom is 0.244 e. The fourth-order valence-corrected chi connectivity index (χ4v) is 3.63. The number of hydrogen-bond acceptors (Lipinski definition) is 6. The molecule has 2 aromatic heterocycles. The highest BCUT2D eigenvalue weighted by atomic mass is 35.5. The van der Waals surface area contributed by atoms with E-state index in [1.807, 2.05) is 13.0 Å². The Bertz CT molecular complexity index is 1200. The topological polar surface area (TPSA) is 110 Å². The van der Waals surface area contributed by atoms with Crippen molar-refractivity contribution in [3.63, 3.8) is 0 Å². The molecule has 0 aliphatic carbocycles. The van der Waals surface area contributed by atoms with Gasteiger partial charge in [0.05, 0.1) is 10.9 Å². The van der Waals surface area contributed by atoms with E-state index in [9.17, 15) is 5.26 Å². The Balaban J connectivity index is 1.77. The van der Waals surface area contributed by atoms with Crippen LogP contribution >= 0.6 is 34.8 Å². The zero-order valence-corrected chi connectivity index (χ0v) is 17.1. The van der Waals surface area contributed by atoms with Gasteiger partial charge in [0.2, 0.25) is 17.6 Å². The first-order chi connectivity index (χ1) is 13.9. The summed E-state index contributed by atoms with van der Waals surface area (Å²) in [6.45, 7) is 1.85. The monoisotopic (exact) mass is 447 g/mol. The minimum Gasteiger partial charge on any atom is -0.437 e. The molecule has 10 heteroatoms. The zero-order chi connectivity index (χ0) is 20.7. The number of hydrogen-bond donors (Lipinski definition) is 2. The van der Waals surface area contributed by atoms with Crippen LogP contribution in [0.1, 0.15) is 22.7 Å². The molecule has 3 aromatic rings. The van der Waals surface area contributed by atoms with Crippen molar-refractivity contribution in [2.45, 2.75) is 12.8 Å². The number of halogens is 3. The average Bonchev–Trinajstić information content (AvgIpc) is 3.05. The molecule has 1 aliphatic heterocycles. The van der Waals surface area contributed by atoms with E-state index in [-0.39, 0.29) is 32.5 Å². The number of allylic oxidation sites excluding steroid dienone is 1. The molecule has 1 atom stereocenters. The van der Waals surface area contributed by atoms with Gasteiger partial charge in [-0.2, -0.15) is 10.2 Å². The quantitative estimate of drug-likeness (QED) is 0.540. The number of nitrogens with one attached hydrogen (secondary N) is 1. The molecule has 0 bridgehead atoms. The molecule has 0 spiro atoms. The minimum absolute atomic E-state index is 0.0111. The number of nitriles is 1. The largest absolute Gasteiger partial charge is 0.437 e. The second kappa shape index (κ2) is 7.48. The zero-order valence-electron chi connectivity index (χ0n) is 14.8. The van der Waals surface area contributed by atoms with E-state index in [1.165, 1.54) is 6.07 Å². The van der Waals surface area contributed by atoms with E-state index in [1.54, 1.807) is 18.2 Å². The standard InChI is InChI=1S/C19H12Cl3N5O2/c1-8-14-15(11(7-23)17(24)29-19(14)27-26-8)9-3-2-4-10(5-9)28-18-13(21)6-12(20)16(22)25-18/h2-6,15H,24H2,1H3,(H,26,27). The minimum atomic E-state index is -0.469. The molecule has 3 N–H and O–H groups in total. The SMILES string of the molecule is Cc1[nH]nc2c1C(c1cccc(Oc3nc(Cl)c(Cl)cc3Cl)c1)C(C#N)=C(N)O2. The molecule has 1 aliphatic rings. The third-order valence-electron chi connectivity index (χ3n) is 4.39. The Hall–Kier alpha value is -2.92. The number of benzene rings is 1. The van der Waals surface area contributed by atoms with E-state index >= 15 is 0 Å². The van der Waals surface area contributed by atoms with Crippen molar-refractivity contribution in [3.8, 4) is 23.6 Å². The lowest BCUT2D eigenvalue weighted by Crippen LogP contribution is -2.21. The number of pyridine rings is 1. The van der Waals surface area contributed by atoms with E-state index in [0.717, 1.165) is 16.8 Å². The molecule has 3 heterocycles. The molecule has 0 saturated heterocycles. The van der Waals surface area contributed by atoms with Gasteiger partial charge < -0.3 is 15.2 Å². The Morgan fingerprint density at radius 3 is 2.79 bits per heavy atom. The van der Waals surface area contributed by atoms with Gasteiger partial charge >= 0.3 is 0 Å². The van der Waals surface area contributed by atoms with Gasteiger partial charge in [0, 0.05) is 11.3 Å². The van der Waals surface area contributed by atoms with E-state index < -0.39 is 5.92 Å². The maximum absolute atomic E-state index is 9.66. The summed E-state index contributed by atoms with van der Waals surface area (Å²) in [5, 5.41) is 17.2. The van der Waals surface area contributed by atoms with Crippen LogP contribution in [0, 0.1) is 18.3 Å². The number of nitrogens with two attached hydrogens (primary N) is 1. The van der Waals surface area contributed by atoms with Crippen molar-refractivity contribution < 1.29 is 9.47 Å². The first-order valence-electron chi connectivity index (χ1n) is 8.30. The summed E-state index contributed by atoms with van der Waals surface area (Å²) in [6.07, 6.45) is 0. The number of fused-ring (bicyclic) bond motifs is 1. The highest BCUT2D eigenvalue weighted by Gasteiger charge is 2.34. The summed E-state index contributed by atoms with van der Waals surface area (Å²) < 4.78 is 11.3. The van der Waals surface area contributed by atoms with Crippen molar-refractivity contribution in [3.05, 3.63) is 73.8 Å². The fourth-order valence-electron chi connectivity index (χ4n) is 3.10. The van der Waals surface area contributed by atoms with Crippen molar-refractivity contribution in [1.29, 1.82) is 5.26 Å². The lowest BCUT2D eigenvalue weighted by molar-refractivity contribution is 0.378. The van der Waals surface area contributed by atoms with Crippen LogP contribution in [0.4, 0.5) is 0 Å². The first-order valence-corrected chi connectivity index (χ1v) is 9.44. The molecule has 1 unspecified atom stereocenters. The van der Waals surface area contributed by atoms with Crippen LogP contribution < -0.4 is 15.2 Å². The number of aromatic amines is 1. The first kappa shape index (κ1) is 19.4. The average molecular weight is 449 g/mol. The molecule has 0 radical (unpaired) electrons. The molecule has 0 amide bonds. The summed E-state index contributed by atoms with van der Waals surface area (Å²) in [6, 6.07) is 10.7. The van der Waals surface area contributed by atoms with Crippen molar-refractivity contribution in [2.75, 3.05) is 0 Å². The van der Waals surface area contributed by atoms with Gasteiger partial charge in [0.1, 0.15) is 22.4 Å². The second-order valence-electron chi connectivity index (χ2n) is 6.21.